The second kappa shape index (κ2) is 5.29. The van der Waals surface area contributed by atoms with Crippen LogP contribution in [0.3, 0.4) is 0 Å². The summed E-state index contributed by atoms with van der Waals surface area (Å²) in [6.07, 6.45) is 2.37. The Morgan fingerprint density at radius 1 is 1.47 bits per heavy atom. The molecule has 1 aliphatic carbocycles. The van der Waals surface area contributed by atoms with Gasteiger partial charge in [-0.3, -0.25) is 4.79 Å². The van der Waals surface area contributed by atoms with Crippen LogP contribution in [0.4, 0.5) is 4.39 Å². The molecule has 0 unspecified atom stereocenters. The number of carbonyl (C=O) groups is 1. The first-order chi connectivity index (χ1) is 8.93. The van der Waals surface area contributed by atoms with Crippen molar-refractivity contribution >= 4 is 5.97 Å². The number of benzene rings is 1. The molecule has 0 aromatic heterocycles. The van der Waals surface area contributed by atoms with Gasteiger partial charge in [-0.15, -0.1) is 0 Å². The Kier molecular flexibility index (Phi) is 3.90. The number of halogens is 1. The molecule has 2 rings (SSSR count). The molecule has 4 heteroatoms. The zero-order valence-electron chi connectivity index (χ0n) is 11.4. The highest BCUT2D eigenvalue weighted by Gasteiger charge is 2.50. The van der Waals surface area contributed by atoms with Crippen molar-refractivity contribution < 1.29 is 14.3 Å². The molecule has 104 valence electrons. The Hall–Kier alpha value is -1.42. The van der Waals surface area contributed by atoms with Crippen molar-refractivity contribution in [2.75, 3.05) is 20.1 Å². The number of hydrogen-bond acceptors (Lipinski definition) is 2. The summed E-state index contributed by atoms with van der Waals surface area (Å²) in [6, 6.07) is 5.14. The highest BCUT2D eigenvalue weighted by molar-refractivity contribution is 5.78. The van der Waals surface area contributed by atoms with E-state index in [1.807, 2.05) is 13.1 Å². The Bertz CT molecular complexity index is 483. The van der Waals surface area contributed by atoms with Crippen LogP contribution in [0.2, 0.25) is 0 Å². The van der Waals surface area contributed by atoms with E-state index in [0.717, 1.165) is 31.4 Å². The van der Waals surface area contributed by atoms with Crippen molar-refractivity contribution in [2.24, 2.45) is 5.41 Å². The zero-order valence-corrected chi connectivity index (χ0v) is 11.4. The van der Waals surface area contributed by atoms with Gasteiger partial charge in [0, 0.05) is 13.1 Å². The molecule has 0 heterocycles. The summed E-state index contributed by atoms with van der Waals surface area (Å²) in [4.78, 5) is 13.2. The van der Waals surface area contributed by atoms with E-state index in [4.69, 9.17) is 5.11 Å². The third kappa shape index (κ3) is 3.32. The van der Waals surface area contributed by atoms with Crippen LogP contribution in [0.5, 0.6) is 0 Å². The van der Waals surface area contributed by atoms with Gasteiger partial charge in [-0.05, 0) is 50.4 Å². The van der Waals surface area contributed by atoms with Crippen LogP contribution in [-0.2, 0) is 11.2 Å². The Morgan fingerprint density at radius 2 is 2.16 bits per heavy atom. The quantitative estimate of drug-likeness (QED) is 0.859. The van der Waals surface area contributed by atoms with Gasteiger partial charge in [0.25, 0.3) is 0 Å². The normalized spacial score (nSPS) is 16.6. The molecule has 0 saturated heterocycles. The topological polar surface area (TPSA) is 40.5 Å². The average molecular weight is 265 g/mol. The highest BCUT2D eigenvalue weighted by atomic mass is 19.1. The second-order valence-electron chi connectivity index (χ2n) is 5.66. The number of nitrogens with zero attached hydrogens (tertiary/aromatic N) is 1. The summed E-state index contributed by atoms with van der Waals surface area (Å²) in [5.74, 6) is -0.864. The van der Waals surface area contributed by atoms with Crippen LogP contribution < -0.4 is 0 Å². The lowest BCUT2D eigenvalue weighted by Crippen LogP contribution is -2.33. The summed E-state index contributed by atoms with van der Waals surface area (Å²) in [5.41, 5.74) is 1.24. The number of aliphatic carboxylic acids is 1. The molecular weight excluding hydrogens is 245 g/mol. The molecule has 1 aliphatic rings. The average Bonchev–Trinajstić information content (AvgIpc) is 3.12. The fraction of sp³-hybridized carbons (Fsp3) is 0.533. The molecular formula is C15H20FNO2. The number of carboxylic acids is 1. The van der Waals surface area contributed by atoms with Crippen LogP contribution in [0.15, 0.2) is 18.2 Å². The summed E-state index contributed by atoms with van der Waals surface area (Å²) in [6.45, 7) is 3.15. The van der Waals surface area contributed by atoms with Crippen LogP contribution in [0, 0.1) is 18.2 Å². The van der Waals surface area contributed by atoms with Gasteiger partial charge in [-0.25, -0.2) is 4.39 Å². The maximum atomic E-state index is 13.1. The molecule has 0 spiro atoms. The van der Waals surface area contributed by atoms with E-state index in [1.54, 1.807) is 13.0 Å². The van der Waals surface area contributed by atoms with E-state index >= 15 is 0 Å². The Morgan fingerprint density at radius 3 is 2.68 bits per heavy atom. The van der Waals surface area contributed by atoms with Crippen molar-refractivity contribution in [1.82, 2.24) is 4.90 Å². The maximum absolute atomic E-state index is 13.1. The fourth-order valence-electron chi connectivity index (χ4n) is 2.37. The van der Waals surface area contributed by atoms with Crippen molar-refractivity contribution in [1.29, 1.82) is 0 Å². The van der Waals surface area contributed by atoms with Crippen molar-refractivity contribution in [2.45, 2.75) is 26.2 Å². The van der Waals surface area contributed by atoms with Crippen LogP contribution in [-0.4, -0.2) is 36.1 Å². The summed E-state index contributed by atoms with van der Waals surface area (Å²) >= 11 is 0. The molecule has 0 aliphatic heterocycles. The van der Waals surface area contributed by atoms with E-state index in [1.165, 1.54) is 6.07 Å². The first-order valence-electron chi connectivity index (χ1n) is 6.60. The SMILES string of the molecule is Cc1cc(CCN(C)CC2(C(=O)O)CC2)ccc1F. The van der Waals surface area contributed by atoms with Gasteiger partial charge in [-0.2, -0.15) is 0 Å². The largest absolute Gasteiger partial charge is 0.481 e. The molecule has 0 amide bonds. The predicted octanol–water partition coefficient (Wildman–Crippen LogP) is 2.47. The lowest BCUT2D eigenvalue weighted by Gasteiger charge is -2.20. The molecule has 1 aromatic rings. The molecule has 3 nitrogen and oxygen atoms in total. The minimum absolute atomic E-state index is 0.181. The number of likely N-dealkylation sites (N-methyl/N-ethyl adjacent to an activating group) is 1. The molecule has 1 fully saturated rings. The summed E-state index contributed by atoms with van der Waals surface area (Å²) in [5, 5.41) is 9.14. The van der Waals surface area contributed by atoms with Crippen LogP contribution in [0.25, 0.3) is 0 Å². The monoisotopic (exact) mass is 265 g/mol. The molecule has 1 saturated carbocycles. The molecule has 1 aromatic carbocycles. The van der Waals surface area contributed by atoms with E-state index < -0.39 is 11.4 Å². The minimum atomic E-state index is -0.683. The highest BCUT2D eigenvalue weighted by Crippen LogP contribution is 2.46. The number of aryl methyl sites for hydroxylation is 1. The van der Waals surface area contributed by atoms with E-state index in [2.05, 4.69) is 4.90 Å². The van der Waals surface area contributed by atoms with Gasteiger partial charge >= 0.3 is 5.97 Å². The van der Waals surface area contributed by atoms with Gasteiger partial charge in [0.15, 0.2) is 0 Å². The summed E-state index contributed by atoms with van der Waals surface area (Å²) in [7, 11) is 1.94. The molecule has 19 heavy (non-hydrogen) atoms. The second-order valence-corrected chi connectivity index (χ2v) is 5.66. The van der Waals surface area contributed by atoms with Crippen LogP contribution >= 0.6 is 0 Å². The van der Waals surface area contributed by atoms with Crippen molar-refractivity contribution in [3.05, 3.63) is 35.1 Å². The van der Waals surface area contributed by atoms with Gasteiger partial charge in [0.1, 0.15) is 5.82 Å². The number of carboxylic acid groups (broad SMARTS) is 1. The first kappa shape index (κ1) is 14.0. The van der Waals surface area contributed by atoms with Crippen LogP contribution in [0.1, 0.15) is 24.0 Å². The molecule has 0 atom stereocenters. The van der Waals surface area contributed by atoms with Gasteiger partial charge in [0.05, 0.1) is 5.41 Å². The standard InChI is InChI=1S/C15H20FNO2/c1-11-9-12(3-4-13(11)16)5-8-17(2)10-15(6-7-15)14(18)19/h3-4,9H,5-8,10H2,1-2H3,(H,18,19). The minimum Gasteiger partial charge on any atom is -0.481 e. The third-order valence-electron chi connectivity index (χ3n) is 3.88. The third-order valence-corrected chi connectivity index (χ3v) is 3.88. The number of rotatable bonds is 6. The van der Waals surface area contributed by atoms with Crippen molar-refractivity contribution in [3.63, 3.8) is 0 Å². The Labute approximate surface area is 113 Å². The lowest BCUT2D eigenvalue weighted by atomic mass is 10.1. The number of hydrogen-bond donors (Lipinski definition) is 1. The van der Waals surface area contributed by atoms with Gasteiger partial charge in [-0.1, -0.05) is 12.1 Å². The van der Waals surface area contributed by atoms with E-state index in [-0.39, 0.29) is 5.82 Å². The molecule has 0 bridgehead atoms. The Balaban J connectivity index is 1.85. The molecule has 1 N–H and O–H groups in total. The van der Waals surface area contributed by atoms with Crippen molar-refractivity contribution in [3.8, 4) is 0 Å². The fourth-order valence-corrected chi connectivity index (χ4v) is 2.37. The van der Waals surface area contributed by atoms with Gasteiger partial charge in [0.2, 0.25) is 0 Å². The summed E-state index contributed by atoms with van der Waals surface area (Å²) < 4.78 is 13.1. The van der Waals surface area contributed by atoms with E-state index in [9.17, 15) is 9.18 Å². The smallest absolute Gasteiger partial charge is 0.310 e. The maximum Gasteiger partial charge on any atom is 0.310 e. The van der Waals surface area contributed by atoms with E-state index in [0.29, 0.717) is 12.1 Å². The zero-order chi connectivity index (χ0) is 14.0. The predicted molar refractivity (Wildman–Crippen MR) is 71.6 cm³/mol. The van der Waals surface area contributed by atoms with Gasteiger partial charge < -0.3 is 10.0 Å². The molecule has 0 radical (unpaired) electrons. The lowest BCUT2D eigenvalue weighted by molar-refractivity contribution is -0.144. The first-order valence-corrected chi connectivity index (χ1v) is 6.60.